The third-order valence-electron chi connectivity index (χ3n) is 3.11. The molecule has 118 valence electrons. The molecule has 0 bridgehead atoms. The van der Waals surface area contributed by atoms with Gasteiger partial charge in [-0.3, -0.25) is 9.59 Å². The summed E-state index contributed by atoms with van der Waals surface area (Å²) in [5.74, 6) is -0.307. The van der Waals surface area contributed by atoms with Crippen LogP contribution in [0.4, 0.5) is 0 Å². The van der Waals surface area contributed by atoms with E-state index < -0.39 is 6.10 Å². The molecule has 1 rings (SSSR count). The molecule has 0 fully saturated rings. The number of aryl methyl sites for hydroxylation is 1. The minimum absolute atomic E-state index is 0.206. The zero-order chi connectivity index (χ0) is 16.0. The van der Waals surface area contributed by atoms with E-state index in [1.807, 2.05) is 20.8 Å². The van der Waals surface area contributed by atoms with Gasteiger partial charge in [0.15, 0.2) is 0 Å². The molecule has 1 amide bonds. The Labute approximate surface area is 125 Å². The summed E-state index contributed by atoms with van der Waals surface area (Å²) in [5, 5.41) is 16.3. The van der Waals surface area contributed by atoms with Crippen LogP contribution in [0.3, 0.4) is 0 Å². The number of nitrogens with zero attached hydrogens (tertiary/aromatic N) is 2. The van der Waals surface area contributed by atoms with Gasteiger partial charge in [-0.1, -0.05) is 20.8 Å². The first kappa shape index (κ1) is 17.4. The lowest BCUT2D eigenvalue weighted by Crippen LogP contribution is -2.37. The van der Waals surface area contributed by atoms with Gasteiger partial charge in [0.25, 0.3) is 11.5 Å². The Morgan fingerprint density at radius 2 is 2.14 bits per heavy atom. The quantitative estimate of drug-likeness (QED) is 0.791. The number of nitrogens with one attached hydrogen (secondary N) is 1. The summed E-state index contributed by atoms with van der Waals surface area (Å²) in [5.41, 5.74) is -0.180. The molecule has 1 aromatic rings. The molecule has 2 N–H and O–H groups in total. The highest BCUT2D eigenvalue weighted by molar-refractivity contribution is 5.92. The van der Waals surface area contributed by atoms with Crippen LogP contribution in [0.2, 0.25) is 0 Å². The first-order valence-electron chi connectivity index (χ1n) is 7.29. The Bertz CT molecular complexity index is 535. The molecule has 0 aromatic carbocycles. The van der Waals surface area contributed by atoms with E-state index in [0.29, 0.717) is 19.5 Å². The lowest BCUT2D eigenvalue weighted by molar-refractivity contribution is 0.0895. The number of rotatable bonds is 7. The molecule has 0 radical (unpaired) electrons. The van der Waals surface area contributed by atoms with E-state index in [1.54, 1.807) is 6.92 Å². The van der Waals surface area contributed by atoms with E-state index in [4.69, 9.17) is 0 Å². The van der Waals surface area contributed by atoms with Crippen LogP contribution in [0.15, 0.2) is 16.9 Å². The van der Waals surface area contributed by atoms with Gasteiger partial charge in [-0.05, 0) is 31.2 Å². The SMILES string of the molecule is CCCn1nc(C(=O)NCC(C)(C)CC(C)O)ccc1=O. The van der Waals surface area contributed by atoms with Crippen molar-refractivity contribution in [3.8, 4) is 0 Å². The third kappa shape index (κ3) is 5.67. The van der Waals surface area contributed by atoms with Gasteiger partial charge in [0, 0.05) is 19.2 Å². The molecule has 0 aliphatic heterocycles. The van der Waals surface area contributed by atoms with Crippen molar-refractivity contribution >= 4 is 5.91 Å². The molecule has 1 aromatic heterocycles. The van der Waals surface area contributed by atoms with Crippen molar-refractivity contribution in [1.29, 1.82) is 0 Å². The maximum atomic E-state index is 12.1. The molecular weight excluding hydrogens is 270 g/mol. The van der Waals surface area contributed by atoms with Gasteiger partial charge in [-0.2, -0.15) is 5.10 Å². The lowest BCUT2D eigenvalue weighted by Gasteiger charge is -2.26. The van der Waals surface area contributed by atoms with Gasteiger partial charge in [0.05, 0.1) is 6.10 Å². The highest BCUT2D eigenvalue weighted by Crippen LogP contribution is 2.21. The minimum atomic E-state index is -0.415. The number of aromatic nitrogens is 2. The van der Waals surface area contributed by atoms with Crippen molar-refractivity contribution in [1.82, 2.24) is 15.1 Å². The standard InChI is InChI=1S/C15H25N3O3/c1-5-8-18-13(20)7-6-12(17-18)14(21)16-10-15(3,4)9-11(2)19/h6-7,11,19H,5,8-10H2,1-4H3,(H,16,21). The largest absolute Gasteiger partial charge is 0.393 e. The zero-order valence-corrected chi connectivity index (χ0v) is 13.2. The average molecular weight is 295 g/mol. The second kappa shape index (κ2) is 7.36. The predicted molar refractivity (Wildman–Crippen MR) is 81.2 cm³/mol. The summed E-state index contributed by atoms with van der Waals surface area (Å²) in [6.45, 7) is 8.56. The number of carbonyl (C=O) groups excluding carboxylic acids is 1. The molecule has 0 saturated carbocycles. The summed E-state index contributed by atoms with van der Waals surface area (Å²) in [6, 6.07) is 2.80. The van der Waals surface area contributed by atoms with Gasteiger partial charge in [0.2, 0.25) is 0 Å². The van der Waals surface area contributed by atoms with Crippen LogP contribution in [-0.4, -0.2) is 33.4 Å². The van der Waals surface area contributed by atoms with E-state index in [-0.39, 0.29) is 22.6 Å². The van der Waals surface area contributed by atoms with Gasteiger partial charge in [-0.15, -0.1) is 0 Å². The first-order chi connectivity index (χ1) is 9.75. The van der Waals surface area contributed by atoms with Crippen molar-refractivity contribution in [2.75, 3.05) is 6.54 Å². The number of hydrogen-bond donors (Lipinski definition) is 2. The Morgan fingerprint density at radius 1 is 1.48 bits per heavy atom. The van der Waals surface area contributed by atoms with E-state index >= 15 is 0 Å². The molecule has 1 unspecified atom stereocenters. The fourth-order valence-electron chi connectivity index (χ4n) is 2.22. The molecular formula is C15H25N3O3. The monoisotopic (exact) mass is 295 g/mol. The first-order valence-corrected chi connectivity index (χ1v) is 7.29. The number of aliphatic hydroxyl groups excluding tert-OH is 1. The van der Waals surface area contributed by atoms with Gasteiger partial charge in [0.1, 0.15) is 5.69 Å². The van der Waals surface area contributed by atoms with Crippen LogP contribution in [0.1, 0.15) is 51.0 Å². The molecule has 0 saturated heterocycles. The Morgan fingerprint density at radius 3 is 2.71 bits per heavy atom. The van der Waals surface area contributed by atoms with Gasteiger partial charge in [-0.25, -0.2) is 4.68 Å². The molecule has 0 aliphatic carbocycles. The summed E-state index contributed by atoms with van der Waals surface area (Å²) in [4.78, 5) is 23.7. The highest BCUT2D eigenvalue weighted by atomic mass is 16.3. The predicted octanol–water partition coefficient (Wildman–Crippen LogP) is 1.18. The maximum Gasteiger partial charge on any atom is 0.271 e. The van der Waals surface area contributed by atoms with Crippen molar-refractivity contribution in [2.24, 2.45) is 5.41 Å². The molecule has 0 spiro atoms. The number of hydrogen-bond acceptors (Lipinski definition) is 4. The second-order valence-electron chi connectivity index (χ2n) is 6.18. The molecule has 1 heterocycles. The molecule has 0 aliphatic rings. The van der Waals surface area contributed by atoms with Crippen LogP contribution in [0, 0.1) is 5.41 Å². The summed E-state index contributed by atoms with van der Waals surface area (Å²) < 4.78 is 1.30. The Kier molecular flexibility index (Phi) is 6.08. The van der Waals surface area contributed by atoms with Gasteiger partial charge < -0.3 is 10.4 Å². The van der Waals surface area contributed by atoms with E-state index in [1.165, 1.54) is 16.8 Å². The summed E-state index contributed by atoms with van der Waals surface area (Å²) in [7, 11) is 0. The number of amides is 1. The number of aliphatic hydroxyl groups is 1. The smallest absolute Gasteiger partial charge is 0.271 e. The maximum absolute atomic E-state index is 12.1. The van der Waals surface area contributed by atoms with Crippen molar-refractivity contribution in [2.45, 2.75) is 53.2 Å². The van der Waals surface area contributed by atoms with Gasteiger partial charge >= 0.3 is 0 Å². The van der Waals surface area contributed by atoms with E-state index in [2.05, 4.69) is 10.4 Å². The Hall–Kier alpha value is -1.69. The van der Waals surface area contributed by atoms with Crippen molar-refractivity contribution < 1.29 is 9.90 Å². The zero-order valence-electron chi connectivity index (χ0n) is 13.2. The van der Waals surface area contributed by atoms with E-state index in [0.717, 1.165) is 6.42 Å². The van der Waals surface area contributed by atoms with Crippen molar-refractivity contribution in [3.05, 3.63) is 28.2 Å². The molecule has 6 heteroatoms. The summed E-state index contributed by atoms with van der Waals surface area (Å²) in [6.07, 6.45) is 0.955. The minimum Gasteiger partial charge on any atom is -0.393 e. The highest BCUT2D eigenvalue weighted by Gasteiger charge is 2.21. The molecule has 6 nitrogen and oxygen atoms in total. The van der Waals surface area contributed by atoms with Crippen LogP contribution >= 0.6 is 0 Å². The normalized spacial score (nSPS) is 13.0. The van der Waals surface area contributed by atoms with Crippen LogP contribution in [0.25, 0.3) is 0 Å². The van der Waals surface area contributed by atoms with Crippen LogP contribution < -0.4 is 10.9 Å². The lowest BCUT2D eigenvalue weighted by atomic mass is 9.87. The van der Waals surface area contributed by atoms with Crippen LogP contribution in [0.5, 0.6) is 0 Å². The molecule has 21 heavy (non-hydrogen) atoms. The molecule has 1 atom stereocenters. The average Bonchev–Trinajstić information content (AvgIpc) is 2.37. The van der Waals surface area contributed by atoms with E-state index in [9.17, 15) is 14.7 Å². The number of carbonyl (C=O) groups is 1. The van der Waals surface area contributed by atoms with Crippen molar-refractivity contribution in [3.63, 3.8) is 0 Å². The summed E-state index contributed by atoms with van der Waals surface area (Å²) >= 11 is 0. The second-order valence-corrected chi connectivity index (χ2v) is 6.18. The Balaban J connectivity index is 2.72. The fraction of sp³-hybridized carbons (Fsp3) is 0.667. The van der Waals surface area contributed by atoms with Crippen LogP contribution in [-0.2, 0) is 6.54 Å². The fourth-order valence-corrected chi connectivity index (χ4v) is 2.22. The topological polar surface area (TPSA) is 84.2 Å². The third-order valence-corrected chi connectivity index (χ3v) is 3.11.